The van der Waals surface area contributed by atoms with Gasteiger partial charge in [0.05, 0.1) is 0 Å². The molecule has 0 radical (unpaired) electrons. The van der Waals surface area contributed by atoms with E-state index >= 15 is 0 Å². The Labute approximate surface area is 99.2 Å². The van der Waals surface area contributed by atoms with Gasteiger partial charge < -0.3 is 11.1 Å². The van der Waals surface area contributed by atoms with Crippen molar-refractivity contribution in [1.29, 1.82) is 0 Å². The van der Waals surface area contributed by atoms with Crippen molar-refractivity contribution in [2.75, 3.05) is 0 Å². The molecule has 0 spiro atoms. The predicted octanol–water partition coefficient (Wildman–Crippen LogP) is 2.05. The average molecular weight is 226 g/mol. The standard InChI is InChI=1S/C13H26N2O/c1-9(2)11-7-5-6-8-13(11,12(14)16)15-10(3)4/h9-11,15H,5-8H2,1-4H3,(H2,14,16). The van der Waals surface area contributed by atoms with Gasteiger partial charge in [-0.1, -0.05) is 26.7 Å². The molecule has 0 aromatic carbocycles. The highest BCUT2D eigenvalue weighted by molar-refractivity contribution is 5.85. The zero-order valence-electron chi connectivity index (χ0n) is 11.0. The van der Waals surface area contributed by atoms with Crippen molar-refractivity contribution in [3.8, 4) is 0 Å². The molecule has 2 atom stereocenters. The van der Waals surface area contributed by atoms with Crippen molar-refractivity contribution in [2.45, 2.75) is 65.0 Å². The molecular weight excluding hydrogens is 200 g/mol. The van der Waals surface area contributed by atoms with Crippen molar-refractivity contribution in [1.82, 2.24) is 5.32 Å². The van der Waals surface area contributed by atoms with Gasteiger partial charge in [0.2, 0.25) is 5.91 Å². The minimum atomic E-state index is -0.472. The highest BCUT2D eigenvalue weighted by Gasteiger charge is 2.46. The van der Waals surface area contributed by atoms with Crippen LogP contribution in [0.15, 0.2) is 0 Å². The molecule has 1 amide bonds. The lowest BCUT2D eigenvalue weighted by Crippen LogP contribution is -2.64. The van der Waals surface area contributed by atoms with E-state index in [2.05, 4.69) is 33.0 Å². The van der Waals surface area contributed by atoms with Gasteiger partial charge in [-0.15, -0.1) is 0 Å². The summed E-state index contributed by atoms with van der Waals surface area (Å²) >= 11 is 0. The fourth-order valence-corrected chi connectivity index (χ4v) is 3.17. The van der Waals surface area contributed by atoms with Gasteiger partial charge in [-0.05, 0) is 38.5 Å². The van der Waals surface area contributed by atoms with Crippen LogP contribution < -0.4 is 11.1 Å². The van der Waals surface area contributed by atoms with E-state index in [4.69, 9.17) is 5.73 Å². The number of carbonyl (C=O) groups excluding carboxylic acids is 1. The molecule has 1 fully saturated rings. The zero-order valence-corrected chi connectivity index (χ0v) is 11.0. The molecule has 94 valence electrons. The Kier molecular flexibility index (Phi) is 4.36. The molecule has 2 unspecified atom stereocenters. The lowest BCUT2D eigenvalue weighted by molar-refractivity contribution is -0.129. The van der Waals surface area contributed by atoms with E-state index in [9.17, 15) is 4.79 Å². The first-order chi connectivity index (χ1) is 7.40. The molecule has 1 aliphatic rings. The molecule has 16 heavy (non-hydrogen) atoms. The molecule has 0 aromatic rings. The Morgan fingerprint density at radius 2 is 1.94 bits per heavy atom. The van der Waals surface area contributed by atoms with Gasteiger partial charge in [0, 0.05) is 6.04 Å². The fraction of sp³-hybridized carbons (Fsp3) is 0.923. The van der Waals surface area contributed by atoms with Gasteiger partial charge in [0.15, 0.2) is 0 Å². The molecule has 3 heteroatoms. The summed E-state index contributed by atoms with van der Waals surface area (Å²) in [4.78, 5) is 11.9. The third-order valence-corrected chi connectivity index (χ3v) is 3.76. The molecule has 0 aromatic heterocycles. The van der Waals surface area contributed by atoms with Crippen molar-refractivity contribution in [3.05, 3.63) is 0 Å². The van der Waals surface area contributed by atoms with E-state index in [1.54, 1.807) is 0 Å². The maximum atomic E-state index is 11.9. The molecule has 0 bridgehead atoms. The van der Waals surface area contributed by atoms with Gasteiger partial charge >= 0.3 is 0 Å². The number of rotatable bonds is 4. The average Bonchev–Trinajstić information content (AvgIpc) is 2.16. The van der Waals surface area contributed by atoms with Crippen LogP contribution in [0.5, 0.6) is 0 Å². The smallest absolute Gasteiger partial charge is 0.238 e. The molecule has 0 saturated heterocycles. The summed E-state index contributed by atoms with van der Waals surface area (Å²) in [6.45, 7) is 8.54. The number of primary amides is 1. The summed E-state index contributed by atoms with van der Waals surface area (Å²) in [5.74, 6) is 0.708. The van der Waals surface area contributed by atoms with Crippen LogP contribution in [0.4, 0.5) is 0 Å². The summed E-state index contributed by atoms with van der Waals surface area (Å²) in [7, 11) is 0. The summed E-state index contributed by atoms with van der Waals surface area (Å²) in [6, 6.07) is 0.298. The summed E-state index contributed by atoms with van der Waals surface area (Å²) in [5, 5.41) is 3.45. The first kappa shape index (κ1) is 13.5. The van der Waals surface area contributed by atoms with Crippen LogP contribution in [0.3, 0.4) is 0 Å². The van der Waals surface area contributed by atoms with E-state index in [0.717, 1.165) is 19.3 Å². The molecule has 1 saturated carbocycles. The largest absolute Gasteiger partial charge is 0.368 e. The Morgan fingerprint density at radius 3 is 2.38 bits per heavy atom. The number of nitrogens with one attached hydrogen (secondary N) is 1. The molecule has 0 heterocycles. The van der Waals surface area contributed by atoms with E-state index in [1.165, 1.54) is 6.42 Å². The van der Waals surface area contributed by atoms with E-state index in [0.29, 0.717) is 17.9 Å². The Bertz CT molecular complexity index is 250. The minimum Gasteiger partial charge on any atom is -0.368 e. The predicted molar refractivity (Wildman–Crippen MR) is 67.0 cm³/mol. The molecule has 3 nitrogen and oxygen atoms in total. The maximum Gasteiger partial charge on any atom is 0.238 e. The van der Waals surface area contributed by atoms with E-state index < -0.39 is 5.54 Å². The fourth-order valence-electron chi connectivity index (χ4n) is 3.17. The highest BCUT2D eigenvalue weighted by Crippen LogP contribution is 2.38. The number of hydrogen-bond acceptors (Lipinski definition) is 2. The molecule has 3 N–H and O–H groups in total. The van der Waals surface area contributed by atoms with Crippen molar-refractivity contribution >= 4 is 5.91 Å². The van der Waals surface area contributed by atoms with Crippen LogP contribution in [-0.4, -0.2) is 17.5 Å². The first-order valence-electron chi connectivity index (χ1n) is 6.47. The highest BCUT2D eigenvalue weighted by atomic mass is 16.1. The van der Waals surface area contributed by atoms with Gasteiger partial charge in [-0.25, -0.2) is 0 Å². The molecular formula is C13H26N2O. The zero-order chi connectivity index (χ0) is 12.3. The van der Waals surface area contributed by atoms with Crippen molar-refractivity contribution in [2.24, 2.45) is 17.6 Å². The van der Waals surface area contributed by atoms with E-state index in [-0.39, 0.29) is 5.91 Å². The molecule has 1 aliphatic carbocycles. The quantitative estimate of drug-likeness (QED) is 0.771. The second-order valence-corrected chi connectivity index (χ2v) is 5.73. The number of carbonyl (C=O) groups is 1. The monoisotopic (exact) mass is 226 g/mol. The molecule has 1 rings (SSSR count). The third kappa shape index (κ3) is 2.57. The van der Waals surface area contributed by atoms with Gasteiger partial charge in [0.25, 0.3) is 0 Å². The summed E-state index contributed by atoms with van der Waals surface area (Å²) < 4.78 is 0. The lowest BCUT2D eigenvalue weighted by Gasteiger charge is -2.45. The number of amides is 1. The normalized spacial score (nSPS) is 31.0. The van der Waals surface area contributed by atoms with Crippen LogP contribution in [0.1, 0.15) is 53.4 Å². The Hall–Kier alpha value is -0.570. The third-order valence-electron chi connectivity index (χ3n) is 3.76. The van der Waals surface area contributed by atoms with Crippen LogP contribution in [0.25, 0.3) is 0 Å². The number of hydrogen-bond donors (Lipinski definition) is 2. The lowest BCUT2D eigenvalue weighted by atomic mass is 9.67. The van der Waals surface area contributed by atoms with Crippen LogP contribution in [-0.2, 0) is 4.79 Å². The van der Waals surface area contributed by atoms with Crippen molar-refractivity contribution < 1.29 is 4.79 Å². The van der Waals surface area contributed by atoms with Gasteiger partial charge in [-0.3, -0.25) is 4.79 Å². The second kappa shape index (κ2) is 5.17. The summed E-state index contributed by atoms with van der Waals surface area (Å²) in [6.07, 6.45) is 4.33. The summed E-state index contributed by atoms with van der Waals surface area (Å²) in [5.41, 5.74) is 5.21. The van der Waals surface area contributed by atoms with Crippen molar-refractivity contribution in [3.63, 3.8) is 0 Å². The second-order valence-electron chi connectivity index (χ2n) is 5.73. The SMILES string of the molecule is CC(C)NC1(C(N)=O)CCCCC1C(C)C. The van der Waals surface area contributed by atoms with Gasteiger partial charge in [-0.2, -0.15) is 0 Å². The Balaban J connectivity index is 2.98. The first-order valence-corrected chi connectivity index (χ1v) is 6.47. The van der Waals surface area contributed by atoms with Crippen LogP contribution in [0, 0.1) is 11.8 Å². The Morgan fingerprint density at radius 1 is 1.31 bits per heavy atom. The maximum absolute atomic E-state index is 11.9. The van der Waals surface area contributed by atoms with E-state index in [1.807, 2.05) is 0 Å². The van der Waals surface area contributed by atoms with Gasteiger partial charge in [0.1, 0.15) is 5.54 Å². The molecule has 0 aliphatic heterocycles. The number of nitrogens with two attached hydrogens (primary N) is 1. The van der Waals surface area contributed by atoms with Crippen LogP contribution in [0.2, 0.25) is 0 Å². The van der Waals surface area contributed by atoms with Crippen LogP contribution >= 0.6 is 0 Å². The minimum absolute atomic E-state index is 0.167. The topological polar surface area (TPSA) is 55.1 Å².